The van der Waals surface area contributed by atoms with Gasteiger partial charge in [-0.2, -0.15) is 0 Å². The van der Waals surface area contributed by atoms with Crippen LogP contribution in [-0.4, -0.2) is 5.12 Å². The van der Waals surface area contributed by atoms with Crippen molar-refractivity contribution >= 4 is 17.7 Å². The van der Waals surface area contributed by atoms with E-state index in [0.29, 0.717) is 6.42 Å². The lowest BCUT2D eigenvalue weighted by atomic mass is 10.2. The Hall–Kier alpha value is -1.54. The van der Waals surface area contributed by atoms with E-state index < -0.39 is 0 Å². The van der Waals surface area contributed by atoms with Crippen LogP contribution in [0.25, 0.3) is 0 Å². The first-order valence-corrected chi connectivity index (χ1v) is 9.33. The van der Waals surface area contributed by atoms with E-state index in [-0.39, 0.29) is 5.12 Å². The zero-order chi connectivity index (χ0) is 17.7. The van der Waals surface area contributed by atoms with E-state index >= 15 is 0 Å². The highest BCUT2D eigenvalue weighted by Gasteiger charge is 1.88. The summed E-state index contributed by atoms with van der Waals surface area (Å²) in [6.45, 7) is 2.15. The third-order valence-electron chi connectivity index (χ3n) is 3.12. The van der Waals surface area contributed by atoms with Crippen LogP contribution in [0, 0.1) is 0 Å². The van der Waals surface area contributed by atoms with Crippen molar-refractivity contribution in [2.24, 2.45) is 0 Å². The first-order chi connectivity index (χ1) is 11.8. The number of rotatable bonds is 14. The van der Waals surface area contributed by atoms with Crippen molar-refractivity contribution < 1.29 is 4.79 Å². The summed E-state index contributed by atoms with van der Waals surface area (Å²) in [7, 11) is 0. The molecule has 0 amide bonds. The number of hydrogen-bond acceptors (Lipinski definition) is 1. The van der Waals surface area contributed by atoms with E-state index in [1.165, 1.54) is 0 Å². The van der Waals surface area contributed by atoms with Crippen molar-refractivity contribution in [3.05, 3.63) is 72.9 Å². The van der Waals surface area contributed by atoms with Crippen molar-refractivity contribution in [1.82, 2.24) is 0 Å². The van der Waals surface area contributed by atoms with E-state index in [1.807, 2.05) is 6.08 Å². The van der Waals surface area contributed by atoms with E-state index in [9.17, 15) is 4.79 Å². The van der Waals surface area contributed by atoms with Gasteiger partial charge in [0.15, 0.2) is 5.12 Å². The maximum atomic E-state index is 10.6. The zero-order valence-corrected chi connectivity index (χ0v) is 15.8. The first-order valence-electron chi connectivity index (χ1n) is 8.89. The van der Waals surface area contributed by atoms with Gasteiger partial charge in [-0.15, -0.1) is 12.6 Å². The molecule has 132 valence electrons. The van der Waals surface area contributed by atoms with Gasteiger partial charge in [-0.05, 0) is 44.9 Å². The maximum Gasteiger partial charge on any atom is 0.186 e. The summed E-state index contributed by atoms with van der Waals surface area (Å²) in [4.78, 5) is 10.6. The minimum atomic E-state index is -0.0467. The van der Waals surface area contributed by atoms with Crippen molar-refractivity contribution in [2.45, 2.75) is 58.3 Å². The number of hydrogen-bond donors (Lipinski definition) is 1. The molecule has 0 atom stereocenters. The molecule has 0 bridgehead atoms. The minimum Gasteiger partial charge on any atom is -0.287 e. The molecule has 0 aromatic carbocycles. The highest BCUT2D eigenvalue weighted by atomic mass is 32.1. The van der Waals surface area contributed by atoms with E-state index in [2.05, 4.69) is 86.4 Å². The number of allylic oxidation sites excluding steroid dienone is 12. The van der Waals surface area contributed by atoms with Gasteiger partial charge in [0.2, 0.25) is 0 Å². The molecule has 24 heavy (non-hydrogen) atoms. The number of thiol groups is 1. The van der Waals surface area contributed by atoms with Gasteiger partial charge in [-0.1, -0.05) is 79.8 Å². The summed E-state index contributed by atoms with van der Waals surface area (Å²) in [6, 6.07) is 0. The minimum absolute atomic E-state index is 0.0467. The summed E-state index contributed by atoms with van der Waals surface area (Å²) in [6.07, 6.45) is 33.4. The summed E-state index contributed by atoms with van der Waals surface area (Å²) < 4.78 is 0. The summed E-state index contributed by atoms with van der Waals surface area (Å²) >= 11 is 3.73. The summed E-state index contributed by atoms with van der Waals surface area (Å²) in [5.41, 5.74) is 0. The molecule has 0 radical (unpaired) electrons. The molecule has 0 aliphatic carbocycles. The fourth-order valence-corrected chi connectivity index (χ4v) is 1.98. The van der Waals surface area contributed by atoms with E-state index in [0.717, 1.165) is 44.9 Å². The molecule has 0 aromatic rings. The van der Waals surface area contributed by atoms with Crippen LogP contribution in [0.4, 0.5) is 0 Å². The van der Waals surface area contributed by atoms with Crippen molar-refractivity contribution in [2.75, 3.05) is 0 Å². The second kappa shape index (κ2) is 19.5. The second-order valence-electron chi connectivity index (χ2n) is 5.35. The highest BCUT2D eigenvalue weighted by molar-refractivity contribution is 7.96. The van der Waals surface area contributed by atoms with Crippen LogP contribution in [0.15, 0.2) is 72.9 Å². The molecule has 0 spiro atoms. The molecule has 0 aliphatic heterocycles. The third-order valence-corrected chi connectivity index (χ3v) is 3.35. The van der Waals surface area contributed by atoms with Gasteiger partial charge >= 0.3 is 0 Å². The molecule has 0 unspecified atom stereocenters. The van der Waals surface area contributed by atoms with Crippen molar-refractivity contribution in [3.8, 4) is 0 Å². The Balaban J connectivity index is 3.51. The Labute approximate surface area is 154 Å². The van der Waals surface area contributed by atoms with Gasteiger partial charge in [-0.25, -0.2) is 0 Å². The number of carbonyl (C=O) groups is 1. The zero-order valence-electron chi connectivity index (χ0n) is 14.9. The van der Waals surface area contributed by atoms with Gasteiger partial charge < -0.3 is 0 Å². The fraction of sp³-hybridized carbons (Fsp3) is 0.409. The molecule has 1 nitrogen and oxygen atoms in total. The van der Waals surface area contributed by atoms with Gasteiger partial charge in [0, 0.05) is 6.42 Å². The molecule has 0 rings (SSSR count). The lowest BCUT2D eigenvalue weighted by molar-refractivity contribution is -0.110. The average molecular weight is 345 g/mol. The molecule has 0 heterocycles. The Morgan fingerprint density at radius 3 is 1.29 bits per heavy atom. The molecular weight excluding hydrogens is 312 g/mol. The van der Waals surface area contributed by atoms with Gasteiger partial charge in [-0.3, -0.25) is 4.79 Å². The lowest BCUT2D eigenvalue weighted by Gasteiger charge is -1.87. The Morgan fingerprint density at radius 2 is 0.958 bits per heavy atom. The highest BCUT2D eigenvalue weighted by Crippen LogP contribution is 1.98. The largest absolute Gasteiger partial charge is 0.287 e. The molecule has 0 N–H and O–H groups in total. The number of carbonyl (C=O) groups excluding carboxylic acids is 1. The normalized spacial score (nSPS) is 13.1. The summed E-state index contributed by atoms with van der Waals surface area (Å²) in [5.74, 6) is 0. The third kappa shape index (κ3) is 20.5. The quantitative estimate of drug-likeness (QED) is 0.267. The average Bonchev–Trinajstić information content (AvgIpc) is 2.56. The van der Waals surface area contributed by atoms with Crippen LogP contribution in [0.3, 0.4) is 0 Å². The van der Waals surface area contributed by atoms with Gasteiger partial charge in [0.1, 0.15) is 0 Å². The Bertz CT molecular complexity index is 464. The molecule has 0 aromatic heterocycles. The molecule has 0 aliphatic rings. The van der Waals surface area contributed by atoms with Crippen LogP contribution in [0.2, 0.25) is 0 Å². The smallest absolute Gasteiger partial charge is 0.186 e. The van der Waals surface area contributed by atoms with E-state index in [4.69, 9.17) is 0 Å². The topological polar surface area (TPSA) is 17.1 Å². The lowest BCUT2D eigenvalue weighted by Crippen LogP contribution is -1.82. The molecule has 2 heteroatoms. The van der Waals surface area contributed by atoms with E-state index in [1.54, 1.807) is 0 Å². The maximum absolute atomic E-state index is 10.6. The van der Waals surface area contributed by atoms with Crippen molar-refractivity contribution in [3.63, 3.8) is 0 Å². The standard InChI is InChI=1S/C22H32OS/c1-2-3-4-5-6-7-8-9-10-11-12-13-14-15-16-17-18-19-20-21-22(23)24/h3-4,6-7,9-10,12-13,15-16,18-19H,2,5,8,11,14,17,20-21H2,1H3,(H,23,24)/b4-3-,7-6-,10-9-,13-12-,16-15-,19-18-. The monoisotopic (exact) mass is 344 g/mol. The second-order valence-corrected chi connectivity index (χ2v) is 5.85. The molecular formula is C22H32OS. The summed E-state index contributed by atoms with van der Waals surface area (Å²) in [5, 5.41) is -0.0467. The fourth-order valence-electron chi connectivity index (χ4n) is 1.85. The predicted molar refractivity (Wildman–Crippen MR) is 111 cm³/mol. The van der Waals surface area contributed by atoms with Gasteiger partial charge in [0.05, 0.1) is 0 Å². The molecule has 0 fully saturated rings. The molecule has 0 saturated carbocycles. The Kier molecular flexibility index (Phi) is 18.3. The van der Waals surface area contributed by atoms with Crippen LogP contribution in [0.1, 0.15) is 58.3 Å². The van der Waals surface area contributed by atoms with Crippen LogP contribution < -0.4 is 0 Å². The Morgan fingerprint density at radius 1 is 0.625 bits per heavy atom. The predicted octanol–water partition coefficient (Wildman–Crippen LogP) is 6.92. The molecule has 0 saturated heterocycles. The van der Waals surface area contributed by atoms with Crippen LogP contribution in [0.5, 0.6) is 0 Å². The van der Waals surface area contributed by atoms with Crippen molar-refractivity contribution in [1.29, 1.82) is 0 Å². The first kappa shape index (κ1) is 22.5. The van der Waals surface area contributed by atoms with Crippen LogP contribution >= 0.6 is 12.6 Å². The van der Waals surface area contributed by atoms with Gasteiger partial charge in [0.25, 0.3) is 0 Å². The SMILES string of the molecule is CC/C=C\C/C=C\C/C=C\C/C=C\C/C=C\C/C=C\CCC(=O)S. The van der Waals surface area contributed by atoms with Crippen LogP contribution in [-0.2, 0) is 4.79 Å².